The summed E-state index contributed by atoms with van der Waals surface area (Å²) < 4.78 is 5.32. The molecule has 2 rings (SSSR count). The van der Waals surface area contributed by atoms with Crippen molar-refractivity contribution in [1.29, 1.82) is 0 Å². The summed E-state index contributed by atoms with van der Waals surface area (Å²) in [5, 5.41) is 4.08. The maximum atomic E-state index is 5.69. The van der Waals surface area contributed by atoms with E-state index in [4.69, 9.17) is 10.3 Å². The molecule has 1 unspecified atom stereocenters. The second-order valence-electron chi connectivity index (χ2n) is 4.67. The van der Waals surface area contributed by atoms with E-state index in [1.165, 1.54) is 25.7 Å². The van der Waals surface area contributed by atoms with Gasteiger partial charge in [-0.2, -0.15) is 4.98 Å². The van der Waals surface area contributed by atoms with Crippen molar-refractivity contribution in [2.75, 3.05) is 24.5 Å². The van der Waals surface area contributed by atoms with Crippen molar-refractivity contribution in [1.82, 2.24) is 10.1 Å². The summed E-state index contributed by atoms with van der Waals surface area (Å²) in [4.78, 5) is 6.71. The second kappa shape index (κ2) is 6.00. The highest BCUT2D eigenvalue weighted by atomic mass is 16.5. The number of aromatic nitrogens is 2. The average molecular weight is 238 g/mol. The molecule has 1 atom stereocenters. The molecule has 1 fully saturated rings. The van der Waals surface area contributed by atoms with Crippen LogP contribution in [-0.2, 0) is 0 Å². The zero-order valence-electron chi connectivity index (χ0n) is 10.6. The quantitative estimate of drug-likeness (QED) is 0.867. The van der Waals surface area contributed by atoms with Gasteiger partial charge >= 0.3 is 0 Å². The number of nitrogens with zero attached hydrogens (tertiary/aromatic N) is 3. The smallest absolute Gasteiger partial charge is 0.266 e. The first-order valence-corrected chi connectivity index (χ1v) is 6.63. The number of rotatable bonds is 4. The third-order valence-corrected chi connectivity index (χ3v) is 3.45. The number of hydrogen-bond acceptors (Lipinski definition) is 5. The molecule has 5 nitrogen and oxygen atoms in total. The molecule has 0 spiro atoms. The van der Waals surface area contributed by atoms with Crippen molar-refractivity contribution < 1.29 is 4.52 Å². The van der Waals surface area contributed by atoms with Crippen LogP contribution in [0.25, 0.3) is 0 Å². The first-order chi connectivity index (χ1) is 8.35. The highest BCUT2D eigenvalue weighted by molar-refractivity contribution is 5.28. The normalized spacial score (nSPS) is 19.1. The van der Waals surface area contributed by atoms with Crippen LogP contribution in [0.15, 0.2) is 4.52 Å². The van der Waals surface area contributed by atoms with E-state index >= 15 is 0 Å². The molecule has 1 aromatic heterocycles. The highest BCUT2D eigenvalue weighted by Gasteiger charge is 2.19. The molecule has 0 aromatic carbocycles. The van der Waals surface area contributed by atoms with E-state index in [1.807, 2.05) is 0 Å². The van der Waals surface area contributed by atoms with Gasteiger partial charge in [0.1, 0.15) is 0 Å². The lowest BCUT2D eigenvalue weighted by atomic mass is 10.1. The van der Waals surface area contributed by atoms with Gasteiger partial charge in [-0.3, -0.25) is 0 Å². The van der Waals surface area contributed by atoms with E-state index in [9.17, 15) is 0 Å². The fraction of sp³-hybridized carbons (Fsp3) is 0.833. The minimum Gasteiger partial charge on any atom is -0.338 e. The van der Waals surface area contributed by atoms with Crippen molar-refractivity contribution in [3.8, 4) is 0 Å². The summed E-state index contributed by atoms with van der Waals surface area (Å²) in [6.07, 6.45) is 6.00. The third-order valence-electron chi connectivity index (χ3n) is 3.45. The first-order valence-electron chi connectivity index (χ1n) is 6.63. The van der Waals surface area contributed by atoms with Crippen molar-refractivity contribution in [2.24, 2.45) is 5.73 Å². The molecule has 0 radical (unpaired) electrons. The van der Waals surface area contributed by atoms with Gasteiger partial charge < -0.3 is 15.2 Å². The fourth-order valence-corrected chi connectivity index (χ4v) is 2.23. The standard InChI is InChI=1S/C12H22N4O/c1-2-10(9-13)11-14-12(15-17-11)16-7-5-3-4-6-8-16/h10H,2-9,13H2,1H3. The monoisotopic (exact) mass is 238 g/mol. The molecular weight excluding hydrogens is 216 g/mol. The summed E-state index contributed by atoms with van der Waals surface area (Å²) in [5.41, 5.74) is 5.69. The molecule has 96 valence electrons. The van der Waals surface area contributed by atoms with E-state index in [0.717, 1.165) is 25.5 Å². The van der Waals surface area contributed by atoms with Crippen LogP contribution in [0.3, 0.4) is 0 Å². The van der Waals surface area contributed by atoms with Crippen LogP contribution in [-0.4, -0.2) is 29.8 Å². The van der Waals surface area contributed by atoms with Gasteiger partial charge in [0.05, 0.1) is 5.92 Å². The lowest BCUT2D eigenvalue weighted by molar-refractivity contribution is 0.350. The van der Waals surface area contributed by atoms with E-state index in [2.05, 4.69) is 22.0 Å². The highest BCUT2D eigenvalue weighted by Crippen LogP contribution is 2.21. The lowest BCUT2D eigenvalue weighted by Gasteiger charge is -2.16. The van der Waals surface area contributed by atoms with Crippen molar-refractivity contribution in [2.45, 2.75) is 44.9 Å². The molecule has 2 heterocycles. The Hall–Kier alpha value is -1.10. The van der Waals surface area contributed by atoms with Crippen LogP contribution in [0, 0.1) is 0 Å². The van der Waals surface area contributed by atoms with Gasteiger partial charge in [-0.05, 0) is 24.4 Å². The Balaban J connectivity index is 2.05. The van der Waals surface area contributed by atoms with Gasteiger partial charge in [-0.1, -0.05) is 19.8 Å². The van der Waals surface area contributed by atoms with E-state index in [-0.39, 0.29) is 5.92 Å². The molecule has 0 saturated carbocycles. The molecule has 0 bridgehead atoms. The zero-order valence-corrected chi connectivity index (χ0v) is 10.6. The third kappa shape index (κ3) is 2.97. The van der Waals surface area contributed by atoms with Crippen molar-refractivity contribution in [3.05, 3.63) is 5.89 Å². The van der Waals surface area contributed by atoms with Crippen LogP contribution in [0.1, 0.15) is 50.8 Å². The Morgan fingerprint density at radius 3 is 2.59 bits per heavy atom. The van der Waals surface area contributed by atoms with Crippen molar-refractivity contribution >= 4 is 5.95 Å². The van der Waals surface area contributed by atoms with E-state index in [0.29, 0.717) is 12.4 Å². The number of anilines is 1. The van der Waals surface area contributed by atoms with Gasteiger partial charge in [0.25, 0.3) is 5.95 Å². The van der Waals surface area contributed by atoms with Gasteiger partial charge in [0, 0.05) is 19.6 Å². The molecule has 5 heteroatoms. The van der Waals surface area contributed by atoms with E-state index in [1.54, 1.807) is 0 Å². The largest absolute Gasteiger partial charge is 0.338 e. The molecule has 1 aliphatic heterocycles. The summed E-state index contributed by atoms with van der Waals surface area (Å²) in [5.74, 6) is 1.63. The first kappa shape index (κ1) is 12.4. The van der Waals surface area contributed by atoms with Crippen LogP contribution in [0.2, 0.25) is 0 Å². The van der Waals surface area contributed by atoms with Gasteiger partial charge in [-0.15, -0.1) is 0 Å². The molecule has 1 aromatic rings. The molecular formula is C12H22N4O. The van der Waals surface area contributed by atoms with Crippen LogP contribution >= 0.6 is 0 Å². The summed E-state index contributed by atoms with van der Waals surface area (Å²) >= 11 is 0. The molecule has 0 aliphatic carbocycles. The summed E-state index contributed by atoms with van der Waals surface area (Å²) in [7, 11) is 0. The Labute approximate surface area is 102 Å². The minimum absolute atomic E-state index is 0.197. The minimum atomic E-state index is 0.197. The lowest BCUT2D eigenvalue weighted by Crippen LogP contribution is -2.25. The van der Waals surface area contributed by atoms with Crippen LogP contribution < -0.4 is 10.6 Å². The average Bonchev–Trinajstić information content (AvgIpc) is 2.67. The maximum Gasteiger partial charge on any atom is 0.266 e. The van der Waals surface area contributed by atoms with Crippen molar-refractivity contribution in [3.63, 3.8) is 0 Å². The Kier molecular flexibility index (Phi) is 4.36. The predicted octanol–water partition coefficient (Wildman–Crippen LogP) is 1.90. The summed E-state index contributed by atoms with van der Waals surface area (Å²) in [6, 6.07) is 0. The fourth-order valence-electron chi connectivity index (χ4n) is 2.23. The topological polar surface area (TPSA) is 68.2 Å². The number of nitrogens with two attached hydrogens (primary N) is 1. The Morgan fingerprint density at radius 2 is 2.00 bits per heavy atom. The molecule has 17 heavy (non-hydrogen) atoms. The van der Waals surface area contributed by atoms with E-state index < -0.39 is 0 Å². The van der Waals surface area contributed by atoms with Gasteiger partial charge in [-0.25, -0.2) is 0 Å². The molecule has 2 N–H and O–H groups in total. The zero-order chi connectivity index (χ0) is 12.1. The van der Waals surface area contributed by atoms with Gasteiger partial charge in [0.15, 0.2) is 0 Å². The predicted molar refractivity (Wildman–Crippen MR) is 67.1 cm³/mol. The Bertz CT molecular complexity index is 327. The SMILES string of the molecule is CCC(CN)c1nc(N2CCCCCC2)no1. The molecule has 1 saturated heterocycles. The molecule has 1 aliphatic rings. The Morgan fingerprint density at radius 1 is 1.29 bits per heavy atom. The van der Waals surface area contributed by atoms with Gasteiger partial charge in [0.2, 0.25) is 5.89 Å². The number of hydrogen-bond donors (Lipinski definition) is 1. The van der Waals surface area contributed by atoms with Crippen LogP contribution in [0.4, 0.5) is 5.95 Å². The second-order valence-corrected chi connectivity index (χ2v) is 4.67. The maximum absolute atomic E-state index is 5.69. The van der Waals surface area contributed by atoms with Crippen LogP contribution in [0.5, 0.6) is 0 Å². The molecule has 0 amide bonds. The summed E-state index contributed by atoms with van der Waals surface area (Å²) in [6.45, 7) is 4.74.